The minimum absolute atomic E-state index is 0.216. The van der Waals surface area contributed by atoms with E-state index in [0.29, 0.717) is 35.9 Å². The van der Waals surface area contributed by atoms with Gasteiger partial charge in [-0.1, -0.05) is 49.7 Å². The second-order valence-electron chi connectivity index (χ2n) is 9.16. The van der Waals surface area contributed by atoms with Crippen molar-refractivity contribution >= 4 is 23.4 Å². The molecule has 0 radical (unpaired) electrons. The van der Waals surface area contributed by atoms with E-state index in [1.807, 2.05) is 43.3 Å². The Bertz CT molecular complexity index is 1250. The van der Waals surface area contributed by atoms with Crippen molar-refractivity contribution < 1.29 is 14.3 Å². The lowest BCUT2D eigenvalue weighted by atomic mass is 10.1. The lowest BCUT2D eigenvalue weighted by Gasteiger charge is -2.25. The van der Waals surface area contributed by atoms with Crippen molar-refractivity contribution in [3.05, 3.63) is 70.0 Å². The highest BCUT2D eigenvalue weighted by molar-refractivity contribution is 6.33. The summed E-state index contributed by atoms with van der Waals surface area (Å²) >= 11 is 6.59. The maximum Gasteiger partial charge on any atom is 0.320 e. The summed E-state index contributed by atoms with van der Waals surface area (Å²) in [6.45, 7) is 4.34. The van der Waals surface area contributed by atoms with E-state index in [1.54, 1.807) is 13.2 Å². The smallest absolute Gasteiger partial charge is 0.320 e. The summed E-state index contributed by atoms with van der Waals surface area (Å²) in [6, 6.07) is 13.6. The number of anilines is 1. The molecule has 2 aromatic carbocycles. The van der Waals surface area contributed by atoms with Gasteiger partial charge < -0.3 is 14.8 Å². The van der Waals surface area contributed by atoms with Crippen LogP contribution in [0.4, 0.5) is 5.82 Å². The van der Waals surface area contributed by atoms with E-state index in [1.165, 1.54) is 5.56 Å². The molecule has 1 aromatic heterocycles. The Kier molecular flexibility index (Phi) is 8.11. The number of aromatic nitrogens is 2. The molecule has 0 fully saturated rings. The molecule has 190 valence electrons. The minimum Gasteiger partial charge on any atom is -0.497 e. The third-order valence-corrected chi connectivity index (χ3v) is 6.66. The second kappa shape index (κ2) is 11.3. The number of halogens is 1. The molecule has 0 unspecified atom stereocenters. The van der Waals surface area contributed by atoms with Crippen LogP contribution in [0.5, 0.6) is 5.75 Å². The van der Waals surface area contributed by atoms with Crippen LogP contribution in [0.2, 0.25) is 5.02 Å². The van der Waals surface area contributed by atoms with Crippen LogP contribution in [0.1, 0.15) is 42.4 Å². The van der Waals surface area contributed by atoms with Crippen LogP contribution in [-0.2, 0) is 28.8 Å². The molecule has 0 saturated carbocycles. The number of carbonyl (C=O) groups excluding carboxylic acids is 1. The number of ether oxygens (including phenoxy) is 2. The van der Waals surface area contributed by atoms with Crippen molar-refractivity contribution in [2.45, 2.75) is 45.3 Å². The number of nitrogens with zero attached hydrogens (tertiary/aromatic N) is 3. The number of hydrogen-bond acceptors (Lipinski definition) is 7. The number of nitrogens with one attached hydrogen (secondary N) is 1. The number of esters is 1. The average Bonchev–Trinajstić information content (AvgIpc) is 3.19. The molecule has 0 bridgehead atoms. The first-order valence-electron chi connectivity index (χ1n) is 12.3. The highest BCUT2D eigenvalue weighted by Gasteiger charge is 2.36. The molecule has 1 N–H and O–H groups in total. The van der Waals surface area contributed by atoms with Crippen LogP contribution in [0.3, 0.4) is 0 Å². The SMILES string of the molecule is CCc1nc(-c2ccc(OC)cc2Cl)c(CC)nc1N[C@H]1c2ccccc2C[C@@H]1OC(=O)CN(C)C. The van der Waals surface area contributed by atoms with Crippen LogP contribution in [0, 0.1) is 0 Å². The predicted octanol–water partition coefficient (Wildman–Crippen LogP) is 5.11. The quantitative estimate of drug-likeness (QED) is 0.402. The van der Waals surface area contributed by atoms with Gasteiger partial charge in [0.1, 0.15) is 17.7 Å². The standard InChI is InChI=1S/C28H33ClN4O3/c1-6-22-26(20-13-12-18(35-5)15-21(20)29)30-23(7-2)28(31-22)32-27-19-11-9-8-10-17(19)14-24(27)36-25(34)16-33(3)4/h8-13,15,24,27H,6-7,14,16H2,1-5H3,(H,31,32)/t24-,27-/m0/s1. The fourth-order valence-electron chi connectivity index (χ4n) is 4.59. The number of benzene rings is 2. The number of likely N-dealkylation sites (N-methyl/N-ethyl adjacent to an activating group) is 1. The van der Waals surface area contributed by atoms with Crippen LogP contribution in [-0.4, -0.2) is 54.7 Å². The average molecular weight is 509 g/mol. The zero-order chi connectivity index (χ0) is 25.8. The molecular weight excluding hydrogens is 476 g/mol. The monoisotopic (exact) mass is 508 g/mol. The van der Waals surface area contributed by atoms with Crippen molar-refractivity contribution in [2.75, 3.05) is 33.1 Å². The summed E-state index contributed by atoms with van der Waals surface area (Å²) in [4.78, 5) is 24.3. The minimum atomic E-state index is -0.331. The number of carbonyl (C=O) groups is 1. The normalized spacial score (nSPS) is 16.6. The van der Waals surface area contributed by atoms with Crippen molar-refractivity contribution in [1.29, 1.82) is 0 Å². The first kappa shape index (κ1) is 25.9. The van der Waals surface area contributed by atoms with E-state index in [-0.39, 0.29) is 24.7 Å². The first-order valence-corrected chi connectivity index (χ1v) is 12.6. The summed E-state index contributed by atoms with van der Waals surface area (Å²) in [5, 5.41) is 4.16. The topological polar surface area (TPSA) is 76.6 Å². The molecule has 1 aliphatic rings. The molecule has 36 heavy (non-hydrogen) atoms. The lowest BCUT2D eigenvalue weighted by molar-refractivity contribution is -0.150. The molecule has 8 heteroatoms. The molecule has 1 heterocycles. The number of methoxy groups -OCH3 is 1. The van der Waals surface area contributed by atoms with Gasteiger partial charge in [0.2, 0.25) is 0 Å². The highest BCUT2D eigenvalue weighted by Crippen LogP contribution is 2.38. The van der Waals surface area contributed by atoms with E-state index < -0.39 is 0 Å². The van der Waals surface area contributed by atoms with E-state index in [2.05, 4.69) is 31.3 Å². The van der Waals surface area contributed by atoms with Crippen LogP contribution in [0.15, 0.2) is 42.5 Å². The van der Waals surface area contributed by atoms with Crippen molar-refractivity contribution in [3.63, 3.8) is 0 Å². The van der Waals surface area contributed by atoms with Gasteiger partial charge >= 0.3 is 5.97 Å². The Balaban J connectivity index is 1.70. The summed E-state index contributed by atoms with van der Waals surface area (Å²) in [5.74, 6) is 1.15. The lowest BCUT2D eigenvalue weighted by Crippen LogP contribution is -2.32. The fourth-order valence-corrected chi connectivity index (χ4v) is 4.85. The molecule has 7 nitrogen and oxygen atoms in total. The summed E-state index contributed by atoms with van der Waals surface area (Å²) in [5.41, 5.74) is 5.55. The molecule has 0 saturated heterocycles. The number of hydrogen-bond donors (Lipinski definition) is 1. The molecule has 4 rings (SSSR count). The van der Waals surface area contributed by atoms with Gasteiger partial charge in [-0.05, 0) is 56.3 Å². The van der Waals surface area contributed by atoms with Crippen molar-refractivity contribution in [3.8, 4) is 17.0 Å². The zero-order valence-corrected chi connectivity index (χ0v) is 22.2. The largest absolute Gasteiger partial charge is 0.497 e. The Morgan fingerprint density at radius 2 is 1.86 bits per heavy atom. The first-order chi connectivity index (χ1) is 17.3. The third kappa shape index (κ3) is 5.47. The van der Waals surface area contributed by atoms with Crippen LogP contribution >= 0.6 is 11.6 Å². The zero-order valence-electron chi connectivity index (χ0n) is 21.5. The Morgan fingerprint density at radius 1 is 1.11 bits per heavy atom. The number of fused-ring (bicyclic) bond motifs is 1. The molecule has 0 amide bonds. The molecule has 1 aliphatic carbocycles. The van der Waals surface area contributed by atoms with Gasteiger partial charge in [0.25, 0.3) is 0 Å². The highest BCUT2D eigenvalue weighted by atomic mass is 35.5. The van der Waals surface area contributed by atoms with Gasteiger partial charge in [0.05, 0.1) is 41.8 Å². The Morgan fingerprint density at radius 3 is 2.53 bits per heavy atom. The third-order valence-electron chi connectivity index (χ3n) is 6.34. The maximum atomic E-state index is 12.5. The van der Waals surface area contributed by atoms with Gasteiger partial charge in [-0.15, -0.1) is 0 Å². The van der Waals surface area contributed by atoms with E-state index >= 15 is 0 Å². The second-order valence-corrected chi connectivity index (χ2v) is 9.57. The number of rotatable bonds is 9. The van der Waals surface area contributed by atoms with Gasteiger partial charge in [-0.3, -0.25) is 9.69 Å². The van der Waals surface area contributed by atoms with Gasteiger partial charge in [-0.25, -0.2) is 9.97 Å². The molecule has 3 aromatic rings. The van der Waals surface area contributed by atoms with Gasteiger partial charge in [0.15, 0.2) is 0 Å². The van der Waals surface area contributed by atoms with Crippen LogP contribution < -0.4 is 10.1 Å². The molecular formula is C28H33ClN4O3. The maximum absolute atomic E-state index is 12.5. The van der Waals surface area contributed by atoms with Crippen LogP contribution in [0.25, 0.3) is 11.3 Å². The Hall–Kier alpha value is -3.16. The molecule has 0 spiro atoms. The number of aryl methyl sites for hydroxylation is 2. The molecule has 2 atom stereocenters. The fraction of sp³-hybridized carbons (Fsp3) is 0.393. The van der Waals surface area contributed by atoms with E-state index in [9.17, 15) is 4.79 Å². The summed E-state index contributed by atoms with van der Waals surface area (Å²) in [7, 11) is 5.32. The Labute approximate surface area is 217 Å². The predicted molar refractivity (Wildman–Crippen MR) is 143 cm³/mol. The summed E-state index contributed by atoms with van der Waals surface area (Å²) in [6.07, 6.45) is 1.69. The van der Waals surface area contributed by atoms with Gasteiger partial charge in [0, 0.05) is 12.0 Å². The van der Waals surface area contributed by atoms with Gasteiger partial charge in [-0.2, -0.15) is 0 Å². The van der Waals surface area contributed by atoms with Crippen molar-refractivity contribution in [1.82, 2.24) is 14.9 Å². The van der Waals surface area contributed by atoms with E-state index in [4.69, 9.17) is 31.0 Å². The molecule has 0 aliphatic heterocycles. The summed E-state index contributed by atoms with van der Waals surface area (Å²) < 4.78 is 11.2. The van der Waals surface area contributed by atoms with E-state index in [0.717, 1.165) is 28.2 Å². The van der Waals surface area contributed by atoms with Crippen molar-refractivity contribution in [2.24, 2.45) is 0 Å².